The van der Waals surface area contributed by atoms with Gasteiger partial charge in [-0.05, 0) is 64.8 Å². The van der Waals surface area contributed by atoms with Gasteiger partial charge in [0.25, 0.3) is 0 Å². The van der Waals surface area contributed by atoms with Crippen LogP contribution in [0.25, 0.3) is 10.9 Å². The van der Waals surface area contributed by atoms with Gasteiger partial charge < -0.3 is 15.2 Å². The fourth-order valence-corrected chi connectivity index (χ4v) is 4.05. The number of piperidine rings is 1. The second kappa shape index (κ2) is 9.44. The van der Waals surface area contributed by atoms with Crippen molar-refractivity contribution in [2.24, 2.45) is 5.92 Å². The van der Waals surface area contributed by atoms with Crippen molar-refractivity contribution in [3.8, 4) is 0 Å². The van der Waals surface area contributed by atoms with E-state index in [9.17, 15) is 9.59 Å². The van der Waals surface area contributed by atoms with Gasteiger partial charge >= 0.3 is 0 Å². The number of hydrogen-bond acceptors (Lipinski definition) is 3. The zero-order valence-electron chi connectivity index (χ0n) is 18.1. The Labute approximate surface area is 173 Å². The summed E-state index contributed by atoms with van der Waals surface area (Å²) in [4.78, 5) is 32.4. The highest BCUT2D eigenvalue weighted by Gasteiger charge is 2.31. The summed E-state index contributed by atoms with van der Waals surface area (Å²) in [6.07, 6.45) is 4.47. The molecule has 0 bridgehead atoms. The van der Waals surface area contributed by atoms with Crippen LogP contribution >= 0.6 is 0 Å². The van der Waals surface area contributed by atoms with E-state index in [-0.39, 0.29) is 29.8 Å². The fraction of sp³-hybridized carbons (Fsp3) is 0.565. The number of hydrogen-bond donors (Lipinski definition) is 2. The van der Waals surface area contributed by atoms with Crippen molar-refractivity contribution < 1.29 is 9.59 Å². The van der Waals surface area contributed by atoms with E-state index in [0.29, 0.717) is 6.54 Å². The maximum Gasteiger partial charge on any atom is 0.237 e. The lowest BCUT2D eigenvalue weighted by Crippen LogP contribution is -2.50. The van der Waals surface area contributed by atoms with Crippen LogP contribution < -0.4 is 5.32 Å². The van der Waals surface area contributed by atoms with E-state index in [1.807, 2.05) is 51.0 Å². The van der Waals surface area contributed by atoms with Gasteiger partial charge in [0.15, 0.2) is 0 Å². The van der Waals surface area contributed by atoms with Crippen LogP contribution in [0, 0.1) is 5.92 Å². The minimum absolute atomic E-state index is 0.0638. The minimum Gasteiger partial charge on any atom is -0.361 e. The highest BCUT2D eigenvalue weighted by molar-refractivity contribution is 5.84. The summed E-state index contributed by atoms with van der Waals surface area (Å²) in [5.74, 6) is 0.375. The van der Waals surface area contributed by atoms with E-state index in [0.717, 1.165) is 37.9 Å². The third kappa shape index (κ3) is 4.99. The summed E-state index contributed by atoms with van der Waals surface area (Å²) in [6.45, 7) is 8.24. The SMILES string of the molecule is CC(C(=O)NCCc1c[nH]c2ccccc12)N1CCC(C(=O)N(C)C(C)C)CC1. The second-order valence-corrected chi connectivity index (χ2v) is 8.43. The number of para-hydroxylation sites is 1. The van der Waals surface area contributed by atoms with Gasteiger partial charge in [0.05, 0.1) is 6.04 Å². The standard InChI is InChI=1S/C23H34N4O2/c1-16(2)26(4)23(29)18-10-13-27(14-11-18)17(3)22(28)24-12-9-19-15-25-21-8-6-5-7-20(19)21/h5-8,15-18,25H,9-14H2,1-4H3,(H,24,28). The maximum atomic E-state index is 12.6. The zero-order chi connectivity index (χ0) is 21.0. The van der Waals surface area contributed by atoms with Gasteiger partial charge in [-0.15, -0.1) is 0 Å². The van der Waals surface area contributed by atoms with E-state index in [1.54, 1.807) is 0 Å². The molecule has 6 nitrogen and oxygen atoms in total. The summed E-state index contributed by atoms with van der Waals surface area (Å²) in [7, 11) is 1.88. The molecule has 1 aliphatic rings. The molecule has 2 aromatic rings. The summed E-state index contributed by atoms with van der Waals surface area (Å²) in [5.41, 5.74) is 2.35. The number of likely N-dealkylation sites (tertiary alicyclic amines) is 1. The molecule has 0 spiro atoms. The van der Waals surface area contributed by atoms with Crippen LogP contribution in [0.2, 0.25) is 0 Å². The molecule has 1 aromatic carbocycles. The fourth-order valence-electron chi connectivity index (χ4n) is 4.05. The summed E-state index contributed by atoms with van der Waals surface area (Å²) in [5, 5.41) is 4.30. The Kier molecular flexibility index (Phi) is 6.96. The molecule has 158 valence electrons. The molecule has 1 aromatic heterocycles. The molecule has 0 saturated carbocycles. The molecule has 2 amide bonds. The average molecular weight is 399 g/mol. The van der Waals surface area contributed by atoms with Crippen LogP contribution in [0.3, 0.4) is 0 Å². The van der Waals surface area contributed by atoms with Crippen molar-refractivity contribution in [3.63, 3.8) is 0 Å². The quantitative estimate of drug-likeness (QED) is 0.754. The van der Waals surface area contributed by atoms with Crippen molar-refractivity contribution >= 4 is 22.7 Å². The summed E-state index contributed by atoms with van der Waals surface area (Å²) >= 11 is 0. The number of aromatic amines is 1. The van der Waals surface area contributed by atoms with Crippen molar-refractivity contribution in [2.45, 2.75) is 52.1 Å². The maximum absolute atomic E-state index is 12.6. The number of nitrogens with one attached hydrogen (secondary N) is 2. The van der Waals surface area contributed by atoms with Gasteiger partial charge in [-0.2, -0.15) is 0 Å². The van der Waals surface area contributed by atoms with Crippen LogP contribution in [0.5, 0.6) is 0 Å². The molecule has 29 heavy (non-hydrogen) atoms. The van der Waals surface area contributed by atoms with E-state index in [4.69, 9.17) is 0 Å². The molecule has 1 fully saturated rings. The van der Waals surface area contributed by atoms with Gasteiger partial charge in [0.1, 0.15) is 0 Å². The first-order valence-corrected chi connectivity index (χ1v) is 10.7. The summed E-state index contributed by atoms with van der Waals surface area (Å²) < 4.78 is 0. The van der Waals surface area contributed by atoms with E-state index in [1.165, 1.54) is 10.9 Å². The molecule has 0 radical (unpaired) electrons. The molecule has 1 atom stereocenters. The monoisotopic (exact) mass is 398 g/mol. The number of fused-ring (bicyclic) bond motifs is 1. The molecule has 1 saturated heterocycles. The van der Waals surface area contributed by atoms with Crippen molar-refractivity contribution in [1.82, 2.24) is 20.1 Å². The van der Waals surface area contributed by atoms with Crippen LogP contribution in [0.15, 0.2) is 30.5 Å². The number of H-pyrrole nitrogens is 1. The highest BCUT2D eigenvalue weighted by Crippen LogP contribution is 2.22. The largest absolute Gasteiger partial charge is 0.361 e. The number of benzene rings is 1. The molecule has 1 aliphatic heterocycles. The molecular formula is C23H34N4O2. The molecule has 2 heterocycles. The molecule has 1 unspecified atom stereocenters. The van der Waals surface area contributed by atoms with E-state index < -0.39 is 0 Å². The Bertz CT molecular complexity index is 836. The number of rotatable bonds is 7. The first kappa shape index (κ1) is 21.4. The molecule has 2 N–H and O–H groups in total. The Morgan fingerprint density at radius 1 is 1.21 bits per heavy atom. The van der Waals surface area contributed by atoms with Gasteiger partial charge in [0.2, 0.25) is 11.8 Å². The minimum atomic E-state index is -0.170. The lowest BCUT2D eigenvalue weighted by molar-refractivity contribution is -0.137. The van der Waals surface area contributed by atoms with Crippen molar-refractivity contribution in [3.05, 3.63) is 36.0 Å². The van der Waals surface area contributed by atoms with Crippen LogP contribution in [-0.2, 0) is 16.0 Å². The lowest BCUT2D eigenvalue weighted by atomic mass is 9.94. The predicted octanol–water partition coefficient (Wildman–Crippen LogP) is 2.79. The van der Waals surface area contributed by atoms with Crippen LogP contribution in [0.4, 0.5) is 0 Å². The Morgan fingerprint density at radius 2 is 1.90 bits per heavy atom. The number of carbonyl (C=O) groups is 2. The first-order chi connectivity index (χ1) is 13.9. The normalized spacial score (nSPS) is 16.9. The van der Waals surface area contributed by atoms with Crippen LogP contribution in [-0.4, -0.2) is 65.4 Å². The van der Waals surface area contributed by atoms with E-state index >= 15 is 0 Å². The highest BCUT2D eigenvalue weighted by atomic mass is 16.2. The zero-order valence-corrected chi connectivity index (χ0v) is 18.1. The van der Waals surface area contributed by atoms with Gasteiger partial charge in [-0.1, -0.05) is 18.2 Å². The smallest absolute Gasteiger partial charge is 0.237 e. The van der Waals surface area contributed by atoms with Crippen molar-refractivity contribution in [2.75, 3.05) is 26.7 Å². The number of nitrogens with zero attached hydrogens (tertiary/aromatic N) is 2. The molecule has 6 heteroatoms. The van der Waals surface area contributed by atoms with E-state index in [2.05, 4.69) is 27.3 Å². The van der Waals surface area contributed by atoms with Crippen LogP contribution in [0.1, 0.15) is 39.2 Å². The number of aromatic nitrogens is 1. The Hall–Kier alpha value is -2.34. The third-order valence-electron chi connectivity index (χ3n) is 6.30. The number of amides is 2. The average Bonchev–Trinajstić information content (AvgIpc) is 3.15. The third-order valence-corrected chi connectivity index (χ3v) is 6.30. The Morgan fingerprint density at radius 3 is 2.59 bits per heavy atom. The molecular weight excluding hydrogens is 364 g/mol. The van der Waals surface area contributed by atoms with Crippen molar-refractivity contribution in [1.29, 1.82) is 0 Å². The first-order valence-electron chi connectivity index (χ1n) is 10.7. The molecule has 3 rings (SSSR count). The van der Waals surface area contributed by atoms with Gasteiger partial charge in [0, 0.05) is 42.7 Å². The predicted molar refractivity (Wildman–Crippen MR) is 117 cm³/mol. The second-order valence-electron chi connectivity index (χ2n) is 8.43. The topological polar surface area (TPSA) is 68.4 Å². The van der Waals surface area contributed by atoms with Gasteiger partial charge in [-0.3, -0.25) is 14.5 Å². The van der Waals surface area contributed by atoms with Gasteiger partial charge in [-0.25, -0.2) is 0 Å². The number of carbonyl (C=O) groups excluding carboxylic acids is 2. The summed E-state index contributed by atoms with van der Waals surface area (Å²) in [6, 6.07) is 8.27. The lowest BCUT2D eigenvalue weighted by Gasteiger charge is -2.36. The Balaban J connectivity index is 1.44. The molecule has 0 aliphatic carbocycles.